The maximum absolute atomic E-state index is 13.0. The lowest BCUT2D eigenvalue weighted by Gasteiger charge is -2.11. The molecule has 2 aromatic carbocycles. The second-order valence-electron chi connectivity index (χ2n) is 6.81. The van der Waals surface area contributed by atoms with Crippen molar-refractivity contribution >= 4 is 39.9 Å². The largest absolute Gasteiger partial charge is 0.366 e. The first-order valence-corrected chi connectivity index (χ1v) is 9.99. The van der Waals surface area contributed by atoms with Crippen molar-refractivity contribution in [2.75, 3.05) is 10.6 Å². The van der Waals surface area contributed by atoms with Crippen LogP contribution in [0.2, 0.25) is 0 Å². The molecule has 152 valence electrons. The van der Waals surface area contributed by atoms with E-state index in [9.17, 15) is 18.8 Å². The minimum absolute atomic E-state index is 0.206. The summed E-state index contributed by atoms with van der Waals surface area (Å²) in [5, 5.41) is 5.93. The number of primary amides is 1. The van der Waals surface area contributed by atoms with Crippen molar-refractivity contribution in [3.63, 3.8) is 0 Å². The number of hydrogen-bond acceptors (Lipinski definition) is 5. The van der Waals surface area contributed by atoms with Gasteiger partial charge in [-0.15, -0.1) is 11.3 Å². The van der Waals surface area contributed by atoms with Crippen LogP contribution in [0.5, 0.6) is 0 Å². The number of amides is 3. The van der Waals surface area contributed by atoms with E-state index in [0.29, 0.717) is 40.5 Å². The zero-order chi connectivity index (χ0) is 21.3. The lowest BCUT2D eigenvalue weighted by Crippen LogP contribution is -2.20. The second kappa shape index (κ2) is 8.03. The van der Waals surface area contributed by atoms with Crippen LogP contribution in [0.1, 0.15) is 43.6 Å². The summed E-state index contributed by atoms with van der Waals surface area (Å²) >= 11 is 1.33. The molecule has 3 aromatic rings. The van der Waals surface area contributed by atoms with E-state index >= 15 is 0 Å². The number of halogens is 1. The molecule has 7 nitrogen and oxygen atoms in total. The summed E-state index contributed by atoms with van der Waals surface area (Å²) in [4.78, 5) is 41.6. The second-order valence-corrected chi connectivity index (χ2v) is 7.89. The molecule has 1 atom stereocenters. The number of thiazole rings is 1. The molecule has 3 amide bonds. The fraction of sp³-hybridized carbons (Fsp3) is 0.143. The number of rotatable bonds is 5. The van der Waals surface area contributed by atoms with E-state index in [0.717, 1.165) is 4.88 Å². The molecule has 1 aliphatic carbocycles. The van der Waals surface area contributed by atoms with Crippen LogP contribution >= 0.6 is 11.3 Å². The number of carbonyl (C=O) groups is 3. The maximum atomic E-state index is 13.0. The van der Waals surface area contributed by atoms with Crippen LogP contribution in [0.4, 0.5) is 15.2 Å². The Kier molecular flexibility index (Phi) is 5.28. The minimum atomic E-state index is -0.536. The fourth-order valence-electron chi connectivity index (χ4n) is 3.25. The van der Waals surface area contributed by atoms with E-state index < -0.39 is 23.5 Å². The molecule has 0 bridgehead atoms. The van der Waals surface area contributed by atoms with Crippen LogP contribution < -0.4 is 16.4 Å². The molecule has 9 heteroatoms. The summed E-state index contributed by atoms with van der Waals surface area (Å²) in [6.07, 6.45) is 1.32. The van der Waals surface area contributed by atoms with Gasteiger partial charge in [-0.2, -0.15) is 0 Å². The quantitative estimate of drug-likeness (QED) is 0.583. The Labute approximate surface area is 175 Å². The van der Waals surface area contributed by atoms with E-state index in [2.05, 4.69) is 15.6 Å². The van der Waals surface area contributed by atoms with Gasteiger partial charge < -0.3 is 11.1 Å². The predicted octanol–water partition coefficient (Wildman–Crippen LogP) is 3.30. The fourth-order valence-corrected chi connectivity index (χ4v) is 4.29. The summed E-state index contributed by atoms with van der Waals surface area (Å²) in [6.45, 7) is 0. The SMILES string of the molecule is NC(=O)c1ccc(NC(=O)C2CCc3sc(NC(=O)c4ccc(F)cc4)nc32)cc1. The first-order valence-electron chi connectivity index (χ1n) is 9.18. The summed E-state index contributed by atoms with van der Waals surface area (Å²) in [6, 6.07) is 11.5. The Morgan fingerprint density at radius 3 is 2.33 bits per heavy atom. The predicted molar refractivity (Wildman–Crippen MR) is 111 cm³/mol. The van der Waals surface area contributed by atoms with E-state index in [1.54, 1.807) is 24.3 Å². The number of carbonyl (C=O) groups excluding carboxylic acids is 3. The molecule has 4 N–H and O–H groups in total. The van der Waals surface area contributed by atoms with Crippen molar-refractivity contribution in [2.24, 2.45) is 5.73 Å². The lowest BCUT2D eigenvalue weighted by molar-refractivity contribution is -0.117. The molecule has 0 saturated heterocycles. The molecule has 0 saturated carbocycles. The standard InChI is InChI=1S/C21H17FN4O3S/c22-13-5-1-12(2-6-13)19(28)26-21-25-17-15(9-10-16(17)30-21)20(29)24-14-7-3-11(4-8-14)18(23)27/h1-8,15H,9-10H2,(H2,23,27)(H,24,29)(H,25,26,28). The van der Waals surface area contributed by atoms with Gasteiger partial charge in [-0.25, -0.2) is 9.37 Å². The van der Waals surface area contributed by atoms with Crippen LogP contribution in [-0.2, 0) is 11.2 Å². The molecular weight excluding hydrogens is 407 g/mol. The lowest BCUT2D eigenvalue weighted by atomic mass is 10.1. The van der Waals surface area contributed by atoms with Gasteiger partial charge in [-0.05, 0) is 61.4 Å². The normalized spacial score (nSPS) is 14.8. The van der Waals surface area contributed by atoms with Gasteiger partial charge in [-0.3, -0.25) is 19.7 Å². The molecule has 4 rings (SSSR count). The summed E-state index contributed by atoms with van der Waals surface area (Å²) in [5.41, 5.74) is 7.10. The van der Waals surface area contributed by atoms with Gasteiger partial charge in [0.2, 0.25) is 11.8 Å². The number of aryl methyl sites for hydroxylation is 1. The Morgan fingerprint density at radius 1 is 1.00 bits per heavy atom. The first-order chi connectivity index (χ1) is 14.4. The molecule has 0 fully saturated rings. The number of nitrogens with one attached hydrogen (secondary N) is 2. The zero-order valence-corrected chi connectivity index (χ0v) is 16.5. The third-order valence-corrected chi connectivity index (χ3v) is 5.84. The van der Waals surface area contributed by atoms with Crippen molar-refractivity contribution in [1.29, 1.82) is 0 Å². The van der Waals surface area contributed by atoms with Gasteiger partial charge in [0.1, 0.15) is 5.82 Å². The topological polar surface area (TPSA) is 114 Å². The molecule has 1 heterocycles. The molecule has 1 aliphatic rings. The summed E-state index contributed by atoms with van der Waals surface area (Å²) in [5.74, 6) is -1.98. The number of hydrogen-bond donors (Lipinski definition) is 3. The van der Waals surface area contributed by atoms with Gasteiger partial charge in [0.05, 0.1) is 11.6 Å². The summed E-state index contributed by atoms with van der Waals surface area (Å²) in [7, 11) is 0. The van der Waals surface area contributed by atoms with E-state index in [-0.39, 0.29) is 5.91 Å². The molecule has 30 heavy (non-hydrogen) atoms. The van der Waals surface area contributed by atoms with Crippen LogP contribution in [0.3, 0.4) is 0 Å². The molecule has 0 spiro atoms. The number of nitrogens with two attached hydrogens (primary N) is 1. The molecule has 1 unspecified atom stereocenters. The highest BCUT2D eigenvalue weighted by atomic mass is 32.1. The smallest absolute Gasteiger partial charge is 0.257 e. The zero-order valence-electron chi connectivity index (χ0n) is 15.6. The number of benzene rings is 2. The number of aromatic nitrogens is 1. The number of fused-ring (bicyclic) bond motifs is 1. The Balaban J connectivity index is 1.44. The Hall–Kier alpha value is -3.59. The highest BCUT2D eigenvalue weighted by Crippen LogP contribution is 2.39. The van der Waals surface area contributed by atoms with Crippen molar-refractivity contribution in [1.82, 2.24) is 4.98 Å². The van der Waals surface area contributed by atoms with Crippen LogP contribution in [0, 0.1) is 5.82 Å². The van der Waals surface area contributed by atoms with Crippen LogP contribution in [0.15, 0.2) is 48.5 Å². The van der Waals surface area contributed by atoms with Gasteiger partial charge in [-0.1, -0.05) is 0 Å². The van der Waals surface area contributed by atoms with Crippen LogP contribution in [-0.4, -0.2) is 22.7 Å². The van der Waals surface area contributed by atoms with Crippen molar-refractivity contribution < 1.29 is 18.8 Å². The maximum Gasteiger partial charge on any atom is 0.257 e. The molecule has 0 radical (unpaired) electrons. The van der Waals surface area contributed by atoms with Crippen molar-refractivity contribution in [3.05, 3.63) is 76.0 Å². The van der Waals surface area contributed by atoms with E-state index in [1.807, 2.05) is 0 Å². The van der Waals surface area contributed by atoms with Gasteiger partial charge >= 0.3 is 0 Å². The van der Waals surface area contributed by atoms with Crippen LogP contribution in [0.25, 0.3) is 0 Å². The highest BCUT2D eigenvalue weighted by Gasteiger charge is 2.33. The molecular formula is C21H17FN4O3S. The number of nitrogens with zero attached hydrogens (tertiary/aromatic N) is 1. The average molecular weight is 424 g/mol. The van der Waals surface area contributed by atoms with Gasteiger partial charge in [0, 0.05) is 21.7 Å². The first kappa shape index (κ1) is 19.7. The monoisotopic (exact) mass is 424 g/mol. The van der Waals surface area contributed by atoms with E-state index in [4.69, 9.17) is 5.73 Å². The summed E-state index contributed by atoms with van der Waals surface area (Å²) < 4.78 is 13.0. The van der Waals surface area contributed by atoms with Gasteiger partial charge in [0.15, 0.2) is 5.13 Å². The number of anilines is 2. The Bertz CT molecular complexity index is 1130. The van der Waals surface area contributed by atoms with E-state index in [1.165, 1.54) is 35.6 Å². The van der Waals surface area contributed by atoms with Gasteiger partial charge in [0.25, 0.3) is 5.91 Å². The molecule has 1 aromatic heterocycles. The van der Waals surface area contributed by atoms with Crippen molar-refractivity contribution in [3.8, 4) is 0 Å². The third kappa shape index (κ3) is 4.06. The van der Waals surface area contributed by atoms with Crippen molar-refractivity contribution in [2.45, 2.75) is 18.8 Å². The molecule has 0 aliphatic heterocycles. The Morgan fingerprint density at radius 2 is 1.67 bits per heavy atom. The third-order valence-electron chi connectivity index (χ3n) is 4.80. The minimum Gasteiger partial charge on any atom is -0.366 e. The average Bonchev–Trinajstić information content (AvgIpc) is 3.29. The highest BCUT2D eigenvalue weighted by molar-refractivity contribution is 7.16.